The van der Waals surface area contributed by atoms with Gasteiger partial charge in [0.05, 0.1) is 0 Å². The van der Waals surface area contributed by atoms with E-state index in [4.69, 9.17) is 5.11 Å². The van der Waals surface area contributed by atoms with Gasteiger partial charge in [-0.3, -0.25) is 4.79 Å². The van der Waals surface area contributed by atoms with Crippen molar-refractivity contribution >= 4 is 5.97 Å². The summed E-state index contributed by atoms with van der Waals surface area (Å²) in [7, 11) is 0. The summed E-state index contributed by atoms with van der Waals surface area (Å²) in [5.74, 6) is 0.136. The Bertz CT molecular complexity index is 314. The van der Waals surface area contributed by atoms with Gasteiger partial charge in [-0.05, 0) is 18.8 Å². The third-order valence-electron chi connectivity index (χ3n) is 6.18. The van der Waals surface area contributed by atoms with Gasteiger partial charge in [0.15, 0.2) is 0 Å². The van der Waals surface area contributed by atoms with Crippen LogP contribution in [-0.4, -0.2) is 11.1 Å². The molecule has 0 amide bonds. The maximum absolute atomic E-state index is 10.8. The van der Waals surface area contributed by atoms with Crippen molar-refractivity contribution in [3.05, 3.63) is 0 Å². The molecule has 0 saturated carbocycles. The highest BCUT2D eigenvalue weighted by atomic mass is 16.4. The zero-order valence-corrected chi connectivity index (χ0v) is 19.5. The van der Waals surface area contributed by atoms with E-state index < -0.39 is 5.97 Å². The van der Waals surface area contributed by atoms with Gasteiger partial charge in [-0.15, -0.1) is 0 Å². The predicted octanol–water partition coefficient (Wildman–Crippen LogP) is 9.31. The Labute approximate surface area is 177 Å². The quantitative estimate of drug-likeness (QED) is 0.175. The molecule has 0 radical (unpaired) electrons. The van der Waals surface area contributed by atoms with E-state index in [1.54, 1.807) is 0 Å². The zero-order valence-electron chi connectivity index (χ0n) is 19.5. The second kappa shape index (κ2) is 22.8. The smallest absolute Gasteiger partial charge is 0.303 e. The van der Waals surface area contributed by atoms with E-state index in [0.29, 0.717) is 6.42 Å². The van der Waals surface area contributed by atoms with E-state index in [0.717, 1.165) is 18.8 Å². The van der Waals surface area contributed by atoms with Crippen molar-refractivity contribution < 1.29 is 9.90 Å². The maximum atomic E-state index is 10.8. The monoisotopic (exact) mass is 396 g/mol. The standard InChI is InChI=1S/C26H52O2/c1-3-5-7-9-11-12-13-14-15-17-19-22-25(23-20-24-26(27)28)21-18-16-10-8-6-4-2/h25H,3-24H2,1-2H3,(H,27,28). The topological polar surface area (TPSA) is 37.3 Å². The third-order valence-corrected chi connectivity index (χ3v) is 6.18. The second-order valence-electron chi connectivity index (χ2n) is 9.03. The molecular formula is C26H52O2. The lowest BCUT2D eigenvalue weighted by Gasteiger charge is -2.16. The van der Waals surface area contributed by atoms with E-state index in [9.17, 15) is 4.79 Å². The fourth-order valence-electron chi connectivity index (χ4n) is 4.29. The Morgan fingerprint density at radius 1 is 0.536 bits per heavy atom. The molecule has 1 atom stereocenters. The molecule has 0 saturated heterocycles. The Morgan fingerprint density at radius 2 is 0.857 bits per heavy atom. The van der Waals surface area contributed by atoms with Gasteiger partial charge in [0.2, 0.25) is 0 Å². The number of carboxylic acid groups (broad SMARTS) is 1. The van der Waals surface area contributed by atoms with Crippen molar-refractivity contribution in [1.82, 2.24) is 0 Å². The average Bonchev–Trinajstić information content (AvgIpc) is 2.68. The fourth-order valence-corrected chi connectivity index (χ4v) is 4.29. The van der Waals surface area contributed by atoms with Gasteiger partial charge in [0.1, 0.15) is 0 Å². The van der Waals surface area contributed by atoms with Crippen LogP contribution in [0.15, 0.2) is 0 Å². The first-order valence-corrected chi connectivity index (χ1v) is 12.9. The number of carboxylic acids is 1. The number of unbranched alkanes of at least 4 members (excludes halogenated alkanes) is 15. The van der Waals surface area contributed by atoms with Crippen LogP contribution in [0.1, 0.15) is 155 Å². The molecule has 0 rings (SSSR count). The van der Waals surface area contributed by atoms with Gasteiger partial charge in [0.25, 0.3) is 0 Å². The molecule has 0 aliphatic heterocycles. The Balaban J connectivity index is 3.68. The maximum Gasteiger partial charge on any atom is 0.303 e. The molecule has 0 aromatic rings. The minimum Gasteiger partial charge on any atom is -0.481 e. The molecule has 0 aromatic carbocycles. The highest BCUT2D eigenvalue weighted by molar-refractivity contribution is 5.66. The molecule has 28 heavy (non-hydrogen) atoms. The van der Waals surface area contributed by atoms with Crippen LogP contribution < -0.4 is 0 Å². The third kappa shape index (κ3) is 21.8. The van der Waals surface area contributed by atoms with Crippen LogP contribution in [0.25, 0.3) is 0 Å². The molecule has 2 nitrogen and oxygen atoms in total. The lowest BCUT2D eigenvalue weighted by Crippen LogP contribution is -2.03. The fraction of sp³-hybridized carbons (Fsp3) is 0.962. The molecule has 0 bridgehead atoms. The zero-order chi connectivity index (χ0) is 20.7. The average molecular weight is 397 g/mol. The SMILES string of the molecule is CCCCCCCCCCCCCC(CCCCCCCC)CCCC(=O)O. The number of rotatable bonds is 23. The van der Waals surface area contributed by atoms with Crippen LogP contribution in [0.2, 0.25) is 0 Å². The molecule has 0 heterocycles. The summed E-state index contributed by atoms with van der Waals surface area (Å²) < 4.78 is 0. The highest BCUT2D eigenvalue weighted by Crippen LogP contribution is 2.24. The molecule has 0 aromatic heterocycles. The summed E-state index contributed by atoms with van der Waals surface area (Å²) in [6.45, 7) is 4.55. The summed E-state index contributed by atoms with van der Waals surface area (Å²) in [6, 6.07) is 0. The summed E-state index contributed by atoms with van der Waals surface area (Å²) in [6.07, 6.45) is 28.6. The van der Waals surface area contributed by atoms with Gasteiger partial charge in [-0.2, -0.15) is 0 Å². The molecule has 0 fully saturated rings. The van der Waals surface area contributed by atoms with Gasteiger partial charge >= 0.3 is 5.97 Å². The van der Waals surface area contributed by atoms with Crippen LogP contribution in [0.5, 0.6) is 0 Å². The van der Waals surface area contributed by atoms with Crippen molar-refractivity contribution in [3.8, 4) is 0 Å². The first kappa shape index (κ1) is 27.5. The summed E-state index contributed by atoms with van der Waals surface area (Å²) in [4.78, 5) is 10.8. The lowest BCUT2D eigenvalue weighted by molar-refractivity contribution is -0.137. The van der Waals surface area contributed by atoms with Gasteiger partial charge < -0.3 is 5.11 Å². The predicted molar refractivity (Wildman–Crippen MR) is 124 cm³/mol. The van der Waals surface area contributed by atoms with Gasteiger partial charge in [-0.1, -0.05) is 136 Å². The molecule has 2 heteroatoms. The first-order chi connectivity index (χ1) is 13.7. The molecule has 0 aliphatic carbocycles. The van der Waals surface area contributed by atoms with Crippen LogP contribution in [0.4, 0.5) is 0 Å². The van der Waals surface area contributed by atoms with Gasteiger partial charge in [-0.25, -0.2) is 0 Å². The van der Waals surface area contributed by atoms with E-state index in [1.807, 2.05) is 0 Å². The molecule has 1 N–H and O–H groups in total. The lowest BCUT2D eigenvalue weighted by atomic mass is 9.90. The van der Waals surface area contributed by atoms with E-state index in [1.165, 1.54) is 122 Å². The Morgan fingerprint density at radius 3 is 1.21 bits per heavy atom. The largest absolute Gasteiger partial charge is 0.481 e. The van der Waals surface area contributed by atoms with E-state index in [2.05, 4.69) is 13.8 Å². The molecular weight excluding hydrogens is 344 g/mol. The van der Waals surface area contributed by atoms with Crippen molar-refractivity contribution in [3.63, 3.8) is 0 Å². The molecule has 0 spiro atoms. The van der Waals surface area contributed by atoms with Crippen molar-refractivity contribution in [2.75, 3.05) is 0 Å². The normalized spacial score (nSPS) is 12.4. The van der Waals surface area contributed by atoms with Crippen molar-refractivity contribution in [2.45, 2.75) is 155 Å². The van der Waals surface area contributed by atoms with E-state index in [-0.39, 0.29) is 0 Å². The first-order valence-electron chi connectivity index (χ1n) is 12.9. The summed E-state index contributed by atoms with van der Waals surface area (Å²) in [5.41, 5.74) is 0. The van der Waals surface area contributed by atoms with Gasteiger partial charge in [0, 0.05) is 6.42 Å². The Kier molecular flexibility index (Phi) is 22.3. The number of hydrogen-bond donors (Lipinski definition) is 1. The van der Waals surface area contributed by atoms with Crippen LogP contribution >= 0.6 is 0 Å². The minimum atomic E-state index is -0.631. The summed E-state index contributed by atoms with van der Waals surface area (Å²) in [5, 5.41) is 8.90. The Hall–Kier alpha value is -0.530. The number of aliphatic carboxylic acids is 1. The number of hydrogen-bond acceptors (Lipinski definition) is 1. The molecule has 1 unspecified atom stereocenters. The molecule has 0 aliphatic rings. The van der Waals surface area contributed by atoms with Crippen LogP contribution in [0, 0.1) is 5.92 Å². The summed E-state index contributed by atoms with van der Waals surface area (Å²) >= 11 is 0. The number of carbonyl (C=O) groups is 1. The van der Waals surface area contributed by atoms with Crippen LogP contribution in [-0.2, 0) is 4.79 Å². The van der Waals surface area contributed by atoms with Crippen LogP contribution in [0.3, 0.4) is 0 Å². The second-order valence-corrected chi connectivity index (χ2v) is 9.03. The highest BCUT2D eigenvalue weighted by Gasteiger charge is 2.10. The molecule has 168 valence electrons. The van der Waals surface area contributed by atoms with Crippen molar-refractivity contribution in [2.24, 2.45) is 5.92 Å². The van der Waals surface area contributed by atoms with E-state index >= 15 is 0 Å². The minimum absolute atomic E-state index is 0.352. The van der Waals surface area contributed by atoms with Crippen molar-refractivity contribution in [1.29, 1.82) is 0 Å².